The maximum Gasteiger partial charge on any atom is 0.126 e. The highest BCUT2D eigenvalue weighted by molar-refractivity contribution is 5.84. The summed E-state index contributed by atoms with van der Waals surface area (Å²) in [5, 5.41) is 28.9. The summed E-state index contributed by atoms with van der Waals surface area (Å²) in [5.74, 6) is 0.491. The van der Waals surface area contributed by atoms with E-state index in [1.54, 1.807) is 0 Å². The average molecular weight is 791 g/mol. The van der Waals surface area contributed by atoms with Crippen LogP contribution >= 0.6 is 0 Å². The molecular formula is C56H54O4. The largest absolute Gasteiger partial charge is 0.507 e. The van der Waals surface area contributed by atoms with Crippen LogP contribution in [0.5, 0.6) is 11.5 Å². The van der Waals surface area contributed by atoms with E-state index in [1.807, 2.05) is 36.4 Å². The number of fused-ring (bicyclic) bond motifs is 2. The molecule has 0 saturated heterocycles. The van der Waals surface area contributed by atoms with Gasteiger partial charge in [0.25, 0.3) is 0 Å². The second-order valence-corrected chi connectivity index (χ2v) is 16.6. The number of hydrogen-bond acceptors (Lipinski definition) is 4. The normalized spacial score (nSPS) is 12.6. The molecule has 0 heterocycles. The van der Waals surface area contributed by atoms with Crippen molar-refractivity contribution in [2.45, 2.75) is 79.8 Å². The van der Waals surface area contributed by atoms with Gasteiger partial charge in [-0.2, -0.15) is 0 Å². The Morgan fingerprint density at radius 3 is 1.15 bits per heavy atom. The van der Waals surface area contributed by atoms with Crippen LogP contribution in [0.2, 0.25) is 0 Å². The molecule has 4 heteroatoms. The van der Waals surface area contributed by atoms with Crippen LogP contribution in [-0.2, 0) is 35.5 Å². The number of para-hydroxylation sites is 2. The molecule has 8 rings (SSSR count). The van der Waals surface area contributed by atoms with E-state index < -0.39 is 12.2 Å². The van der Waals surface area contributed by atoms with E-state index >= 15 is 0 Å². The van der Waals surface area contributed by atoms with Gasteiger partial charge in [-0.05, 0) is 131 Å². The zero-order valence-corrected chi connectivity index (χ0v) is 35.6. The predicted molar refractivity (Wildman–Crippen MR) is 248 cm³/mol. The number of phenols is 2. The minimum absolute atomic E-state index is 0.246. The Kier molecular flexibility index (Phi) is 11.9. The van der Waals surface area contributed by atoms with Crippen molar-refractivity contribution in [2.24, 2.45) is 0 Å². The molecule has 2 N–H and O–H groups in total. The van der Waals surface area contributed by atoms with Gasteiger partial charge >= 0.3 is 0 Å². The van der Waals surface area contributed by atoms with E-state index in [9.17, 15) is 10.2 Å². The molecule has 0 spiro atoms. The average Bonchev–Trinajstić information content (AvgIpc) is 3.22. The summed E-state index contributed by atoms with van der Waals surface area (Å²) in [7, 11) is 0. The van der Waals surface area contributed by atoms with Crippen molar-refractivity contribution in [3.8, 4) is 33.8 Å². The minimum atomic E-state index is -0.510. The SMILES string of the molecule is Cc1cc(C)c(-c2cccc(C[C@@H](OCc3ccc4ccccc4c3)[C@@H](Cc3cccc(-c4c(C)cc(C)cc4C)c3O)OCc3ccc4ccccc4c3)c2O)c(C)c1. The first-order valence-corrected chi connectivity index (χ1v) is 21.0. The van der Waals surface area contributed by atoms with Gasteiger partial charge in [0.05, 0.1) is 25.4 Å². The third-order valence-electron chi connectivity index (χ3n) is 11.9. The lowest BCUT2D eigenvalue weighted by molar-refractivity contribution is -0.0848. The maximum absolute atomic E-state index is 12.1. The number of hydrogen-bond donors (Lipinski definition) is 2. The Morgan fingerprint density at radius 1 is 0.400 bits per heavy atom. The number of ether oxygens (including phenoxy) is 2. The first-order chi connectivity index (χ1) is 29.0. The number of aromatic hydroxyl groups is 2. The second kappa shape index (κ2) is 17.6. The molecule has 0 aliphatic rings. The number of phenolic OH excluding ortho intramolecular Hbond substituents is 2. The Labute approximate surface area is 354 Å². The highest BCUT2D eigenvalue weighted by Gasteiger charge is 2.28. The Bertz CT molecular complexity index is 2590. The zero-order chi connectivity index (χ0) is 41.9. The van der Waals surface area contributed by atoms with Crippen molar-refractivity contribution in [3.63, 3.8) is 0 Å². The standard InChI is InChI=1S/C56H54O4/c1-35-25-37(3)53(38(4)26-35)49-19-11-17-47(55(49)57)31-51(59-33-41-21-23-43-13-7-9-15-45(43)29-41)52(60-34-42-22-24-44-14-8-10-16-46(44)30-42)32-48-18-12-20-50(56(48)58)54-39(5)27-36(2)28-40(54)6/h7-30,51-52,57-58H,31-34H2,1-6H3/t51-,52-/m1/s1. The first-order valence-electron chi connectivity index (χ1n) is 21.0. The van der Waals surface area contributed by atoms with Gasteiger partial charge in [0.1, 0.15) is 11.5 Å². The quantitative estimate of drug-likeness (QED) is 0.122. The molecular weight excluding hydrogens is 737 g/mol. The molecule has 0 aromatic heterocycles. The molecule has 0 aliphatic carbocycles. The summed E-state index contributed by atoms with van der Waals surface area (Å²) in [6, 6.07) is 50.3. The van der Waals surface area contributed by atoms with Crippen LogP contribution in [0.3, 0.4) is 0 Å². The van der Waals surface area contributed by atoms with Gasteiger partial charge in [-0.3, -0.25) is 0 Å². The lowest BCUT2D eigenvalue weighted by atomic mass is 9.89. The Balaban J connectivity index is 1.21. The Morgan fingerprint density at radius 2 is 0.767 bits per heavy atom. The van der Waals surface area contributed by atoms with Crippen LogP contribution in [0.25, 0.3) is 43.8 Å². The molecule has 8 aromatic rings. The monoisotopic (exact) mass is 790 g/mol. The lowest BCUT2D eigenvalue weighted by Crippen LogP contribution is -2.35. The van der Waals surface area contributed by atoms with Gasteiger partial charge < -0.3 is 19.7 Å². The third kappa shape index (κ3) is 8.72. The van der Waals surface area contributed by atoms with E-state index in [1.165, 1.54) is 21.9 Å². The van der Waals surface area contributed by atoms with Gasteiger partial charge in [-0.1, -0.05) is 145 Å². The number of benzene rings is 8. The molecule has 2 atom stereocenters. The lowest BCUT2D eigenvalue weighted by Gasteiger charge is -2.29. The fraction of sp³-hybridized carbons (Fsp3) is 0.214. The highest BCUT2D eigenvalue weighted by Crippen LogP contribution is 2.40. The number of rotatable bonds is 13. The van der Waals surface area contributed by atoms with Crippen molar-refractivity contribution >= 4 is 21.5 Å². The second-order valence-electron chi connectivity index (χ2n) is 16.6. The summed E-state index contributed by atoms with van der Waals surface area (Å²) in [6.07, 6.45) is -0.250. The van der Waals surface area contributed by atoms with Gasteiger partial charge in [0.15, 0.2) is 0 Å². The summed E-state index contributed by atoms with van der Waals surface area (Å²) in [4.78, 5) is 0. The zero-order valence-electron chi connectivity index (χ0n) is 35.6. The molecule has 0 radical (unpaired) electrons. The van der Waals surface area contributed by atoms with Gasteiger partial charge in [0, 0.05) is 24.0 Å². The van der Waals surface area contributed by atoms with Gasteiger partial charge in [-0.25, -0.2) is 0 Å². The molecule has 0 bridgehead atoms. The highest BCUT2D eigenvalue weighted by atomic mass is 16.5. The summed E-state index contributed by atoms with van der Waals surface area (Å²) in [6.45, 7) is 13.3. The van der Waals surface area contributed by atoms with E-state index in [0.717, 1.165) is 77.5 Å². The van der Waals surface area contributed by atoms with Crippen molar-refractivity contribution in [3.05, 3.63) is 201 Å². The van der Waals surface area contributed by atoms with Crippen LogP contribution in [0.1, 0.15) is 55.6 Å². The fourth-order valence-corrected chi connectivity index (χ4v) is 9.22. The molecule has 0 saturated carbocycles. The van der Waals surface area contributed by atoms with E-state index in [0.29, 0.717) is 26.1 Å². The Hall–Kier alpha value is -6.20. The molecule has 0 fully saturated rings. The van der Waals surface area contributed by atoms with Crippen LogP contribution in [0.4, 0.5) is 0 Å². The number of aryl methyl sites for hydroxylation is 6. The predicted octanol–water partition coefficient (Wildman–Crippen LogP) is 13.5. The van der Waals surface area contributed by atoms with Gasteiger partial charge in [-0.15, -0.1) is 0 Å². The smallest absolute Gasteiger partial charge is 0.126 e. The maximum atomic E-state index is 12.1. The molecule has 0 amide bonds. The van der Waals surface area contributed by atoms with Crippen molar-refractivity contribution in [2.75, 3.05) is 0 Å². The molecule has 60 heavy (non-hydrogen) atoms. The van der Waals surface area contributed by atoms with Crippen molar-refractivity contribution in [1.29, 1.82) is 0 Å². The van der Waals surface area contributed by atoms with Crippen LogP contribution in [-0.4, -0.2) is 22.4 Å². The first kappa shape index (κ1) is 40.6. The molecule has 0 aliphatic heterocycles. The van der Waals surface area contributed by atoms with Crippen LogP contribution < -0.4 is 0 Å². The van der Waals surface area contributed by atoms with Crippen LogP contribution in [0, 0.1) is 41.5 Å². The minimum Gasteiger partial charge on any atom is -0.507 e. The summed E-state index contributed by atoms with van der Waals surface area (Å²) < 4.78 is 14.1. The van der Waals surface area contributed by atoms with Crippen LogP contribution in [0.15, 0.2) is 146 Å². The van der Waals surface area contributed by atoms with Gasteiger partial charge in [0.2, 0.25) is 0 Å². The van der Waals surface area contributed by atoms with E-state index in [2.05, 4.69) is 151 Å². The molecule has 8 aromatic carbocycles. The molecule has 302 valence electrons. The van der Waals surface area contributed by atoms with Crippen molar-refractivity contribution < 1.29 is 19.7 Å². The summed E-state index contributed by atoms with van der Waals surface area (Å²) >= 11 is 0. The molecule has 4 nitrogen and oxygen atoms in total. The fourth-order valence-electron chi connectivity index (χ4n) is 9.22. The topological polar surface area (TPSA) is 58.9 Å². The van der Waals surface area contributed by atoms with Crippen molar-refractivity contribution in [1.82, 2.24) is 0 Å². The van der Waals surface area contributed by atoms with E-state index in [4.69, 9.17) is 9.47 Å². The molecule has 0 unspecified atom stereocenters. The third-order valence-corrected chi connectivity index (χ3v) is 11.9. The summed E-state index contributed by atoms with van der Waals surface area (Å²) in [5.41, 5.74) is 14.2. The van der Waals surface area contributed by atoms with E-state index in [-0.39, 0.29) is 11.5 Å².